The lowest BCUT2D eigenvalue weighted by atomic mass is 10.0. The molecule has 0 fully saturated rings. The third-order valence-corrected chi connectivity index (χ3v) is 3.09. The second kappa shape index (κ2) is 9.14. The molecule has 2 rings (SSSR count). The predicted molar refractivity (Wildman–Crippen MR) is 88.4 cm³/mol. The SMILES string of the molecule is CC.COCc1ccc(C(=[N+]=N)c2ccc(S)cc2)cc1. The molecule has 0 aliphatic heterocycles. The van der Waals surface area contributed by atoms with E-state index >= 15 is 0 Å². The van der Waals surface area contributed by atoms with Gasteiger partial charge in [-0.1, -0.05) is 26.0 Å². The van der Waals surface area contributed by atoms with Crippen LogP contribution in [-0.4, -0.2) is 17.6 Å². The van der Waals surface area contributed by atoms with Crippen LogP contribution in [0.1, 0.15) is 30.5 Å². The van der Waals surface area contributed by atoms with Crippen molar-refractivity contribution in [1.29, 1.82) is 5.53 Å². The number of ether oxygens (including phenoxy) is 1. The fourth-order valence-corrected chi connectivity index (χ4v) is 1.99. The third kappa shape index (κ3) is 4.87. The number of nitrogens with zero attached hydrogens (tertiary/aromatic N) is 1. The van der Waals surface area contributed by atoms with Gasteiger partial charge in [0.05, 0.1) is 28.1 Å². The van der Waals surface area contributed by atoms with Crippen molar-refractivity contribution in [1.82, 2.24) is 0 Å². The van der Waals surface area contributed by atoms with Gasteiger partial charge in [0, 0.05) is 12.0 Å². The molecule has 0 saturated heterocycles. The molecule has 0 bridgehead atoms. The van der Waals surface area contributed by atoms with Crippen molar-refractivity contribution in [2.24, 2.45) is 0 Å². The first-order valence-electron chi connectivity index (χ1n) is 6.86. The molecule has 0 aromatic heterocycles. The second-order valence-corrected chi connectivity index (χ2v) is 4.65. The van der Waals surface area contributed by atoms with Crippen LogP contribution >= 0.6 is 12.6 Å². The molecule has 2 aromatic rings. The molecule has 0 aliphatic carbocycles. The van der Waals surface area contributed by atoms with E-state index < -0.39 is 0 Å². The number of thiol groups is 1. The molecule has 0 radical (unpaired) electrons. The third-order valence-electron chi connectivity index (χ3n) is 2.79. The molecule has 2 aromatic carbocycles. The molecule has 0 spiro atoms. The fourth-order valence-electron chi connectivity index (χ4n) is 1.84. The fraction of sp³-hybridized carbons (Fsp3) is 0.235. The van der Waals surface area contributed by atoms with Gasteiger partial charge in [0.25, 0.3) is 0 Å². The van der Waals surface area contributed by atoms with Crippen LogP contribution in [0.2, 0.25) is 0 Å². The summed E-state index contributed by atoms with van der Waals surface area (Å²) in [4.78, 5) is 4.54. The van der Waals surface area contributed by atoms with Gasteiger partial charge >= 0.3 is 5.71 Å². The van der Waals surface area contributed by atoms with Crippen LogP contribution in [0.15, 0.2) is 53.4 Å². The zero-order chi connectivity index (χ0) is 15.7. The molecule has 0 aliphatic rings. The van der Waals surface area contributed by atoms with Crippen LogP contribution in [0.4, 0.5) is 0 Å². The Hall–Kier alpha value is -1.87. The minimum Gasteiger partial charge on any atom is -0.380 e. The van der Waals surface area contributed by atoms with E-state index in [0.29, 0.717) is 12.3 Å². The normalized spacial score (nSPS) is 9.33. The Morgan fingerprint density at radius 2 is 1.48 bits per heavy atom. The molecule has 1 N–H and O–H groups in total. The molecular formula is C17H21N2OS+. The van der Waals surface area contributed by atoms with Crippen molar-refractivity contribution in [2.45, 2.75) is 25.3 Å². The monoisotopic (exact) mass is 301 g/mol. The van der Waals surface area contributed by atoms with Gasteiger partial charge in [0.15, 0.2) is 0 Å². The van der Waals surface area contributed by atoms with Crippen molar-refractivity contribution in [3.63, 3.8) is 0 Å². The van der Waals surface area contributed by atoms with Gasteiger partial charge in [0.1, 0.15) is 0 Å². The lowest BCUT2D eigenvalue weighted by Crippen LogP contribution is -2.04. The molecule has 21 heavy (non-hydrogen) atoms. The molecule has 3 nitrogen and oxygen atoms in total. The first-order chi connectivity index (χ1) is 10.2. The van der Waals surface area contributed by atoms with E-state index in [-0.39, 0.29) is 0 Å². The van der Waals surface area contributed by atoms with Crippen LogP contribution in [0, 0.1) is 5.53 Å². The zero-order valence-corrected chi connectivity index (χ0v) is 13.5. The summed E-state index contributed by atoms with van der Waals surface area (Å²) < 4.78 is 5.08. The van der Waals surface area contributed by atoms with Crippen molar-refractivity contribution >= 4 is 18.3 Å². The summed E-state index contributed by atoms with van der Waals surface area (Å²) in [6.07, 6.45) is 0. The maximum atomic E-state index is 7.37. The smallest absolute Gasteiger partial charge is 0.379 e. The Kier molecular flexibility index (Phi) is 7.48. The Bertz CT molecular complexity index is 600. The lowest BCUT2D eigenvalue weighted by molar-refractivity contribution is -0.117. The predicted octanol–water partition coefficient (Wildman–Crippen LogP) is 4.22. The summed E-state index contributed by atoms with van der Waals surface area (Å²) in [5.41, 5.74) is 10.9. The summed E-state index contributed by atoms with van der Waals surface area (Å²) in [6.45, 7) is 4.59. The maximum Gasteiger partial charge on any atom is 0.379 e. The first-order valence-corrected chi connectivity index (χ1v) is 7.31. The second-order valence-electron chi connectivity index (χ2n) is 4.14. The van der Waals surface area contributed by atoms with Crippen LogP contribution in [0.3, 0.4) is 0 Å². The van der Waals surface area contributed by atoms with E-state index in [9.17, 15) is 0 Å². The van der Waals surface area contributed by atoms with Crippen molar-refractivity contribution in [3.05, 3.63) is 65.2 Å². The quantitative estimate of drug-likeness (QED) is 0.377. The Balaban J connectivity index is 0.00000106. The van der Waals surface area contributed by atoms with Crippen molar-refractivity contribution < 1.29 is 9.53 Å². The van der Waals surface area contributed by atoms with E-state index in [0.717, 1.165) is 21.6 Å². The highest BCUT2D eigenvalue weighted by atomic mass is 32.1. The average Bonchev–Trinajstić information content (AvgIpc) is 2.54. The Morgan fingerprint density at radius 1 is 1.00 bits per heavy atom. The van der Waals surface area contributed by atoms with Gasteiger partial charge in [0.2, 0.25) is 0 Å². The van der Waals surface area contributed by atoms with E-state index in [4.69, 9.17) is 10.3 Å². The number of benzene rings is 2. The van der Waals surface area contributed by atoms with Gasteiger partial charge in [-0.15, -0.1) is 12.6 Å². The van der Waals surface area contributed by atoms with E-state index in [1.807, 2.05) is 62.4 Å². The number of methoxy groups -OCH3 is 1. The van der Waals surface area contributed by atoms with Gasteiger partial charge in [-0.25, -0.2) is 0 Å². The summed E-state index contributed by atoms with van der Waals surface area (Å²) in [5.74, 6) is 0. The van der Waals surface area contributed by atoms with E-state index in [1.165, 1.54) is 0 Å². The number of nitrogens with one attached hydrogen (secondary N) is 1. The minimum atomic E-state index is 0.585. The molecule has 0 heterocycles. The topological polar surface area (TPSA) is 47.2 Å². The first kappa shape index (κ1) is 17.2. The average molecular weight is 301 g/mol. The van der Waals surface area contributed by atoms with E-state index in [2.05, 4.69) is 17.4 Å². The number of hydrogen-bond donors (Lipinski definition) is 2. The molecule has 0 atom stereocenters. The largest absolute Gasteiger partial charge is 0.380 e. The number of rotatable bonds is 4. The summed E-state index contributed by atoms with van der Waals surface area (Å²) in [5, 5.41) is 0. The highest BCUT2D eigenvalue weighted by molar-refractivity contribution is 7.80. The highest BCUT2D eigenvalue weighted by Crippen LogP contribution is 2.13. The van der Waals surface area contributed by atoms with E-state index in [1.54, 1.807) is 7.11 Å². The molecule has 4 heteroatoms. The molecule has 110 valence electrons. The van der Waals surface area contributed by atoms with Gasteiger partial charge in [-0.05, 0) is 42.0 Å². The summed E-state index contributed by atoms with van der Waals surface area (Å²) >= 11 is 4.25. The van der Waals surface area contributed by atoms with Crippen LogP contribution in [-0.2, 0) is 11.3 Å². The molecule has 0 saturated carbocycles. The maximum absolute atomic E-state index is 7.37. The lowest BCUT2D eigenvalue weighted by Gasteiger charge is -2.00. The Labute approximate surface area is 131 Å². The summed E-state index contributed by atoms with van der Waals surface area (Å²) in [7, 11) is 1.67. The Morgan fingerprint density at radius 3 is 1.90 bits per heavy atom. The van der Waals surface area contributed by atoms with Crippen LogP contribution < -0.4 is 0 Å². The highest BCUT2D eigenvalue weighted by Gasteiger charge is 2.17. The van der Waals surface area contributed by atoms with Gasteiger partial charge in [-0.3, -0.25) is 0 Å². The van der Waals surface area contributed by atoms with Gasteiger partial charge in [-0.2, -0.15) is 0 Å². The van der Waals surface area contributed by atoms with Crippen LogP contribution in [0.25, 0.3) is 0 Å². The molecular weight excluding hydrogens is 280 g/mol. The van der Waals surface area contributed by atoms with Gasteiger partial charge < -0.3 is 4.74 Å². The van der Waals surface area contributed by atoms with Crippen LogP contribution in [0.5, 0.6) is 0 Å². The zero-order valence-electron chi connectivity index (χ0n) is 12.6. The van der Waals surface area contributed by atoms with Crippen molar-refractivity contribution in [2.75, 3.05) is 7.11 Å². The standard InChI is InChI=1S/C15H14N2OS.C2H6/c1-18-10-11-2-4-12(5-3-11)15(17-16)13-6-8-14(19)9-7-13;1-2/h2-9,16H,10H2,1H3;1-2H3/p+1. The van der Waals surface area contributed by atoms with Crippen molar-refractivity contribution in [3.8, 4) is 0 Å². The minimum absolute atomic E-state index is 0.585. The molecule has 0 unspecified atom stereocenters. The summed E-state index contributed by atoms with van der Waals surface area (Å²) in [6, 6.07) is 15.5. The number of hydrogen-bond acceptors (Lipinski definition) is 3. The molecule has 0 amide bonds.